The van der Waals surface area contributed by atoms with Crippen LogP contribution in [0.1, 0.15) is 11.1 Å². The molecule has 0 aliphatic heterocycles. The second-order valence-electron chi connectivity index (χ2n) is 6.21. The Kier molecular flexibility index (Phi) is 6.04. The van der Waals surface area contributed by atoms with E-state index in [-0.39, 0.29) is 5.91 Å². The number of nitrogens with zero attached hydrogens (tertiary/aromatic N) is 3. The monoisotopic (exact) mass is 368 g/mol. The van der Waals surface area contributed by atoms with E-state index in [9.17, 15) is 4.79 Å². The Bertz CT molecular complexity index is 863. The molecule has 1 amide bonds. The number of carbonyl (C=O) groups excluding carboxylic acids is 1. The quantitative estimate of drug-likeness (QED) is 0.692. The van der Waals surface area contributed by atoms with Gasteiger partial charge in [-0.2, -0.15) is 5.10 Å². The zero-order valence-corrected chi connectivity index (χ0v) is 15.4. The number of nitrogens with one attached hydrogen (secondary N) is 1. The summed E-state index contributed by atoms with van der Waals surface area (Å²) in [5.41, 5.74) is 2.20. The molecule has 1 N–H and O–H groups in total. The highest BCUT2D eigenvalue weighted by Crippen LogP contribution is 2.14. The van der Waals surface area contributed by atoms with E-state index in [2.05, 4.69) is 22.5 Å². The molecule has 3 rings (SSSR count). The maximum atomic E-state index is 12.4. The van der Waals surface area contributed by atoms with E-state index in [1.165, 1.54) is 5.56 Å². The molecule has 3 aromatic rings. The number of likely N-dealkylation sites (N-methyl/N-ethyl adjacent to an activating group) is 1. The van der Waals surface area contributed by atoms with Gasteiger partial charge in [-0.25, -0.2) is 4.68 Å². The molecule has 1 heterocycles. The van der Waals surface area contributed by atoms with Gasteiger partial charge in [0, 0.05) is 17.6 Å². The van der Waals surface area contributed by atoms with Crippen molar-refractivity contribution in [1.29, 1.82) is 0 Å². The van der Waals surface area contributed by atoms with Gasteiger partial charge in [0.1, 0.15) is 5.82 Å². The van der Waals surface area contributed by atoms with Crippen LogP contribution in [-0.4, -0.2) is 34.2 Å². The van der Waals surface area contributed by atoms with Crippen LogP contribution in [0.2, 0.25) is 5.02 Å². The molecule has 134 valence electrons. The second kappa shape index (κ2) is 8.65. The summed E-state index contributed by atoms with van der Waals surface area (Å²) in [6, 6.07) is 19.5. The van der Waals surface area contributed by atoms with Gasteiger partial charge in [0.15, 0.2) is 0 Å². The highest BCUT2D eigenvalue weighted by molar-refractivity contribution is 6.30. The van der Waals surface area contributed by atoms with Gasteiger partial charge in [-0.3, -0.25) is 9.69 Å². The maximum Gasteiger partial charge on any atom is 0.239 e. The second-order valence-corrected chi connectivity index (χ2v) is 6.65. The number of hydrogen-bond acceptors (Lipinski definition) is 3. The molecule has 0 aliphatic rings. The fraction of sp³-hybridized carbons (Fsp3) is 0.200. The Balaban J connectivity index is 1.57. The van der Waals surface area contributed by atoms with Gasteiger partial charge >= 0.3 is 0 Å². The van der Waals surface area contributed by atoms with Crippen molar-refractivity contribution in [2.75, 3.05) is 18.9 Å². The SMILES string of the molecule is CN(CC(=O)Nc1ccnn1Cc1cccc(Cl)c1)Cc1ccccc1. The van der Waals surface area contributed by atoms with E-state index >= 15 is 0 Å². The number of aromatic nitrogens is 2. The Labute approximate surface area is 158 Å². The molecule has 1 aromatic heterocycles. The van der Waals surface area contributed by atoms with E-state index in [4.69, 9.17) is 11.6 Å². The fourth-order valence-electron chi connectivity index (χ4n) is 2.75. The van der Waals surface area contributed by atoms with Gasteiger partial charge in [-0.05, 0) is 30.3 Å². The van der Waals surface area contributed by atoms with Crippen LogP contribution in [0.5, 0.6) is 0 Å². The first-order chi connectivity index (χ1) is 12.6. The third-order valence-corrected chi connectivity index (χ3v) is 4.15. The third kappa shape index (κ3) is 5.18. The standard InChI is InChI=1S/C20H21ClN4O/c1-24(13-16-6-3-2-4-7-16)15-20(26)23-19-10-11-22-25(19)14-17-8-5-9-18(21)12-17/h2-12H,13-15H2,1H3,(H,23,26). The lowest BCUT2D eigenvalue weighted by atomic mass is 10.2. The molecular weight excluding hydrogens is 348 g/mol. The molecule has 0 radical (unpaired) electrons. The molecule has 0 saturated carbocycles. The molecule has 0 saturated heterocycles. The maximum absolute atomic E-state index is 12.4. The Morgan fingerprint density at radius 3 is 2.65 bits per heavy atom. The molecule has 0 unspecified atom stereocenters. The summed E-state index contributed by atoms with van der Waals surface area (Å²) in [5, 5.41) is 7.90. The van der Waals surface area contributed by atoms with Crippen molar-refractivity contribution in [2.24, 2.45) is 0 Å². The van der Waals surface area contributed by atoms with Crippen molar-refractivity contribution >= 4 is 23.3 Å². The summed E-state index contributed by atoms with van der Waals surface area (Å²) in [7, 11) is 1.93. The van der Waals surface area contributed by atoms with Crippen molar-refractivity contribution in [3.8, 4) is 0 Å². The number of amides is 1. The van der Waals surface area contributed by atoms with E-state index < -0.39 is 0 Å². The van der Waals surface area contributed by atoms with Crippen molar-refractivity contribution in [2.45, 2.75) is 13.1 Å². The van der Waals surface area contributed by atoms with Gasteiger partial charge in [0.05, 0.1) is 19.3 Å². The first-order valence-corrected chi connectivity index (χ1v) is 8.76. The number of benzene rings is 2. The number of hydrogen-bond donors (Lipinski definition) is 1. The van der Waals surface area contributed by atoms with Gasteiger partial charge in [-0.1, -0.05) is 54.1 Å². The summed E-state index contributed by atoms with van der Waals surface area (Å²) < 4.78 is 1.75. The molecule has 0 aliphatic carbocycles. The van der Waals surface area contributed by atoms with Crippen molar-refractivity contribution in [3.05, 3.63) is 83.0 Å². The Morgan fingerprint density at radius 2 is 1.88 bits per heavy atom. The lowest BCUT2D eigenvalue weighted by molar-refractivity contribution is -0.117. The normalized spacial score (nSPS) is 10.9. The minimum absolute atomic E-state index is 0.0729. The Hall–Kier alpha value is -2.63. The van der Waals surface area contributed by atoms with Crippen LogP contribution < -0.4 is 5.32 Å². The fourth-order valence-corrected chi connectivity index (χ4v) is 2.96. The molecule has 26 heavy (non-hydrogen) atoms. The van der Waals surface area contributed by atoms with E-state index in [1.54, 1.807) is 16.9 Å². The average Bonchev–Trinajstić information content (AvgIpc) is 3.02. The number of halogens is 1. The third-order valence-electron chi connectivity index (χ3n) is 3.91. The van der Waals surface area contributed by atoms with Crippen LogP contribution in [-0.2, 0) is 17.9 Å². The zero-order chi connectivity index (χ0) is 18.4. The molecule has 0 spiro atoms. The Morgan fingerprint density at radius 1 is 1.12 bits per heavy atom. The van der Waals surface area contributed by atoms with Crippen LogP contribution in [0.15, 0.2) is 66.9 Å². The van der Waals surface area contributed by atoms with E-state index in [1.807, 2.05) is 54.4 Å². The first-order valence-electron chi connectivity index (χ1n) is 8.39. The zero-order valence-electron chi connectivity index (χ0n) is 14.6. The van der Waals surface area contributed by atoms with E-state index in [0.29, 0.717) is 23.9 Å². The van der Waals surface area contributed by atoms with Crippen molar-refractivity contribution in [1.82, 2.24) is 14.7 Å². The van der Waals surface area contributed by atoms with Crippen LogP contribution in [0, 0.1) is 0 Å². The van der Waals surface area contributed by atoms with Crippen LogP contribution in [0.3, 0.4) is 0 Å². The topological polar surface area (TPSA) is 50.2 Å². The van der Waals surface area contributed by atoms with Crippen molar-refractivity contribution < 1.29 is 4.79 Å². The molecule has 2 aromatic carbocycles. The molecule has 5 nitrogen and oxygen atoms in total. The molecule has 0 atom stereocenters. The van der Waals surface area contributed by atoms with Gasteiger partial charge in [0.25, 0.3) is 0 Å². The molecule has 6 heteroatoms. The van der Waals surface area contributed by atoms with E-state index in [0.717, 1.165) is 12.1 Å². The molecule has 0 fully saturated rings. The minimum atomic E-state index is -0.0729. The predicted molar refractivity (Wildman–Crippen MR) is 104 cm³/mol. The number of rotatable bonds is 7. The smallest absolute Gasteiger partial charge is 0.239 e. The van der Waals surface area contributed by atoms with Crippen LogP contribution in [0.4, 0.5) is 5.82 Å². The lowest BCUT2D eigenvalue weighted by Crippen LogP contribution is -2.30. The summed E-state index contributed by atoms with van der Waals surface area (Å²) in [6.45, 7) is 1.57. The van der Waals surface area contributed by atoms with Gasteiger partial charge in [0.2, 0.25) is 5.91 Å². The highest BCUT2D eigenvalue weighted by Gasteiger charge is 2.11. The lowest BCUT2D eigenvalue weighted by Gasteiger charge is -2.16. The summed E-state index contributed by atoms with van der Waals surface area (Å²) >= 11 is 6.03. The largest absolute Gasteiger partial charge is 0.310 e. The van der Waals surface area contributed by atoms with Crippen molar-refractivity contribution in [3.63, 3.8) is 0 Å². The molecule has 0 bridgehead atoms. The summed E-state index contributed by atoms with van der Waals surface area (Å²) in [4.78, 5) is 14.3. The minimum Gasteiger partial charge on any atom is -0.310 e. The summed E-state index contributed by atoms with van der Waals surface area (Å²) in [6.07, 6.45) is 1.67. The highest BCUT2D eigenvalue weighted by atomic mass is 35.5. The van der Waals surface area contributed by atoms with Crippen LogP contribution in [0.25, 0.3) is 0 Å². The molecular formula is C20H21ClN4O. The van der Waals surface area contributed by atoms with Gasteiger partial charge in [-0.15, -0.1) is 0 Å². The predicted octanol–water partition coefficient (Wildman–Crippen LogP) is 3.66. The number of carbonyl (C=O) groups is 1. The summed E-state index contributed by atoms with van der Waals surface area (Å²) in [5.74, 6) is 0.597. The number of anilines is 1. The first kappa shape index (κ1) is 18.2. The average molecular weight is 369 g/mol. The van der Waals surface area contributed by atoms with Gasteiger partial charge < -0.3 is 5.32 Å². The van der Waals surface area contributed by atoms with Crippen LogP contribution >= 0.6 is 11.6 Å².